The van der Waals surface area contributed by atoms with Crippen molar-refractivity contribution in [3.05, 3.63) is 34.4 Å². The van der Waals surface area contributed by atoms with Crippen LogP contribution in [0, 0.1) is 15.5 Å². The van der Waals surface area contributed by atoms with E-state index in [4.69, 9.17) is 4.74 Å². The average Bonchev–Trinajstić information content (AvgIpc) is 2.27. The van der Waals surface area contributed by atoms with Crippen LogP contribution in [0.4, 0.5) is 5.69 Å². The molecule has 0 aliphatic heterocycles. The standard InChI is InChI=1S/C11H15NO3S/c1-11(2,8-16)7-15-10-5-3-9(4-6-10)12(13)14/h3-6,16H,7-8H2,1-2H3. The van der Waals surface area contributed by atoms with Gasteiger partial charge in [-0.15, -0.1) is 0 Å². The maximum absolute atomic E-state index is 10.4. The van der Waals surface area contributed by atoms with E-state index in [-0.39, 0.29) is 11.1 Å². The summed E-state index contributed by atoms with van der Waals surface area (Å²) in [4.78, 5) is 10.0. The molecule has 0 spiro atoms. The number of nitrogens with zero attached hydrogens (tertiary/aromatic N) is 1. The molecule has 5 heteroatoms. The molecule has 1 aromatic rings. The smallest absolute Gasteiger partial charge is 0.269 e. The van der Waals surface area contributed by atoms with Crippen LogP contribution in [0.3, 0.4) is 0 Å². The molecule has 0 fully saturated rings. The SMILES string of the molecule is CC(C)(CS)COc1ccc([N+](=O)[O-])cc1. The maximum Gasteiger partial charge on any atom is 0.269 e. The predicted molar refractivity (Wildman–Crippen MR) is 66.2 cm³/mol. The van der Waals surface area contributed by atoms with Crippen LogP contribution in [-0.2, 0) is 0 Å². The monoisotopic (exact) mass is 241 g/mol. The molecule has 0 unspecified atom stereocenters. The lowest BCUT2D eigenvalue weighted by atomic mass is 9.98. The molecular formula is C11H15NO3S. The second-order valence-electron chi connectivity index (χ2n) is 4.36. The number of nitro benzene ring substituents is 1. The molecule has 0 amide bonds. The summed E-state index contributed by atoms with van der Waals surface area (Å²) in [6, 6.07) is 6.07. The maximum atomic E-state index is 10.4. The summed E-state index contributed by atoms with van der Waals surface area (Å²) in [5.41, 5.74) is 0.0611. The van der Waals surface area contributed by atoms with Gasteiger partial charge in [0.15, 0.2) is 0 Å². The minimum Gasteiger partial charge on any atom is -0.493 e. The van der Waals surface area contributed by atoms with E-state index in [2.05, 4.69) is 12.6 Å². The molecule has 0 saturated heterocycles. The highest BCUT2D eigenvalue weighted by atomic mass is 32.1. The van der Waals surface area contributed by atoms with Crippen LogP contribution < -0.4 is 4.74 Å². The summed E-state index contributed by atoms with van der Waals surface area (Å²) in [5.74, 6) is 1.36. The molecule has 1 aromatic carbocycles. The van der Waals surface area contributed by atoms with Gasteiger partial charge in [-0.2, -0.15) is 12.6 Å². The third kappa shape index (κ3) is 3.73. The van der Waals surface area contributed by atoms with Crippen LogP contribution in [-0.4, -0.2) is 17.3 Å². The minimum absolute atomic E-state index is 0.00904. The van der Waals surface area contributed by atoms with E-state index in [0.717, 1.165) is 5.75 Å². The van der Waals surface area contributed by atoms with Crippen molar-refractivity contribution >= 4 is 18.3 Å². The van der Waals surface area contributed by atoms with E-state index in [0.29, 0.717) is 12.4 Å². The molecule has 4 nitrogen and oxygen atoms in total. The summed E-state index contributed by atoms with van der Waals surface area (Å²) >= 11 is 4.22. The van der Waals surface area contributed by atoms with E-state index in [9.17, 15) is 10.1 Å². The third-order valence-corrected chi connectivity index (χ3v) is 2.96. The van der Waals surface area contributed by atoms with Gasteiger partial charge in [-0.25, -0.2) is 0 Å². The minimum atomic E-state index is -0.429. The third-order valence-electron chi connectivity index (χ3n) is 2.11. The summed E-state index contributed by atoms with van der Waals surface area (Å²) in [6.07, 6.45) is 0. The Morgan fingerprint density at radius 3 is 2.38 bits per heavy atom. The molecule has 0 radical (unpaired) electrons. The first kappa shape index (κ1) is 12.8. The van der Waals surface area contributed by atoms with E-state index < -0.39 is 4.92 Å². The van der Waals surface area contributed by atoms with Gasteiger partial charge in [0.05, 0.1) is 11.5 Å². The Hall–Kier alpha value is -1.23. The second-order valence-corrected chi connectivity index (χ2v) is 4.68. The molecule has 88 valence electrons. The number of hydrogen-bond donors (Lipinski definition) is 1. The molecule has 1 rings (SSSR count). The quantitative estimate of drug-likeness (QED) is 0.490. The van der Waals surface area contributed by atoms with Crippen molar-refractivity contribution < 1.29 is 9.66 Å². The van der Waals surface area contributed by atoms with Crippen LogP contribution in [0.5, 0.6) is 5.75 Å². The normalized spacial score (nSPS) is 11.2. The summed E-state index contributed by atoms with van der Waals surface area (Å²) in [5, 5.41) is 10.4. The Balaban J connectivity index is 2.59. The van der Waals surface area contributed by atoms with E-state index in [1.807, 2.05) is 13.8 Å². The van der Waals surface area contributed by atoms with Crippen molar-refractivity contribution in [1.29, 1.82) is 0 Å². The Kier molecular flexibility index (Phi) is 4.18. The van der Waals surface area contributed by atoms with Gasteiger partial charge in [-0.05, 0) is 17.9 Å². The average molecular weight is 241 g/mol. The number of ether oxygens (including phenoxy) is 1. The number of nitro groups is 1. The van der Waals surface area contributed by atoms with Gasteiger partial charge >= 0.3 is 0 Å². The van der Waals surface area contributed by atoms with Crippen molar-refractivity contribution in [2.75, 3.05) is 12.4 Å². The first-order valence-electron chi connectivity index (χ1n) is 4.93. The van der Waals surface area contributed by atoms with Gasteiger partial charge in [0.1, 0.15) is 5.75 Å². The fourth-order valence-corrected chi connectivity index (χ4v) is 1.08. The van der Waals surface area contributed by atoms with E-state index >= 15 is 0 Å². The summed E-state index contributed by atoms with van der Waals surface area (Å²) in [7, 11) is 0. The number of rotatable bonds is 5. The highest BCUT2D eigenvalue weighted by Gasteiger charge is 2.16. The molecule has 0 aliphatic rings. The molecule has 0 heterocycles. The zero-order chi connectivity index (χ0) is 12.2. The Labute approximate surface area is 100 Å². The molecule has 0 bridgehead atoms. The van der Waals surface area contributed by atoms with Crippen LogP contribution in [0.25, 0.3) is 0 Å². The van der Waals surface area contributed by atoms with E-state index in [1.54, 1.807) is 12.1 Å². The zero-order valence-electron chi connectivity index (χ0n) is 9.34. The first-order chi connectivity index (χ1) is 7.44. The van der Waals surface area contributed by atoms with Gasteiger partial charge in [-0.3, -0.25) is 10.1 Å². The fourth-order valence-electron chi connectivity index (χ4n) is 0.988. The van der Waals surface area contributed by atoms with Crippen molar-refractivity contribution in [3.8, 4) is 5.75 Å². The lowest BCUT2D eigenvalue weighted by Gasteiger charge is -2.22. The number of hydrogen-bond acceptors (Lipinski definition) is 4. The van der Waals surface area contributed by atoms with Gasteiger partial charge in [-0.1, -0.05) is 13.8 Å². The molecular weight excluding hydrogens is 226 g/mol. The van der Waals surface area contributed by atoms with Gasteiger partial charge < -0.3 is 4.74 Å². The number of benzene rings is 1. The highest BCUT2D eigenvalue weighted by Crippen LogP contribution is 2.21. The lowest BCUT2D eigenvalue weighted by molar-refractivity contribution is -0.384. The van der Waals surface area contributed by atoms with Crippen molar-refractivity contribution in [1.82, 2.24) is 0 Å². The Morgan fingerprint density at radius 2 is 1.94 bits per heavy atom. The zero-order valence-corrected chi connectivity index (χ0v) is 10.2. The molecule has 0 atom stereocenters. The molecule has 0 N–H and O–H groups in total. The number of thiol groups is 1. The molecule has 0 aromatic heterocycles. The molecule has 0 saturated carbocycles. The fraction of sp³-hybridized carbons (Fsp3) is 0.455. The van der Waals surface area contributed by atoms with Gasteiger partial charge in [0.25, 0.3) is 5.69 Å². The van der Waals surface area contributed by atoms with Crippen LogP contribution in [0.15, 0.2) is 24.3 Å². The lowest BCUT2D eigenvalue weighted by Crippen LogP contribution is -2.23. The molecule has 16 heavy (non-hydrogen) atoms. The van der Waals surface area contributed by atoms with Gasteiger partial charge in [0.2, 0.25) is 0 Å². The Bertz CT molecular complexity index is 362. The van der Waals surface area contributed by atoms with Gasteiger partial charge in [0, 0.05) is 17.5 Å². The Morgan fingerprint density at radius 1 is 1.38 bits per heavy atom. The number of non-ortho nitro benzene ring substituents is 1. The van der Waals surface area contributed by atoms with Crippen LogP contribution in [0.2, 0.25) is 0 Å². The van der Waals surface area contributed by atoms with Crippen molar-refractivity contribution in [2.24, 2.45) is 5.41 Å². The largest absolute Gasteiger partial charge is 0.493 e. The van der Waals surface area contributed by atoms with Crippen molar-refractivity contribution in [2.45, 2.75) is 13.8 Å². The summed E-state index contributed by atoms with van der Waals surface area (Å²) in [6.45, 7) is 4.63. The highest BCUT2D eigenvalue weighted by molar-refractivity contribution is 7.80. The van der Waals surface area contributed by atoms with Crippen LogP contribution in [0.1, 0.15) is 13.8 Å². The first-order valence-corrected chi connectivity index (χ1v) is 5.56. The topological polar surface area (TPSA) is 52.4 Å². The van der Waals surface area contributed by atoms with Crippen molar-refractivity contribution in [3.63, 3.8) is 0 Å². The van der Waals surface area contributed by atoms with E-state index in [1.165, 1.54) is 12.1 Å². The molecule has 0 aliphatic carbocycles. The summed E-state index contributed by atoms with van der Waals surface area (Å²) < 4.78 is 5.52. The predicted octanol–water partition coefficient (Wildman–Crippen LogP) is 2.93. The van der Waals surface area contributed by atoms with Crippen LogP contribution >= 0.6 is 12.6 Å². The second kappa shape index (κ2) is 5.21.